The lowest BCUT2D eigenvalue weighted by molar-refractivity contribution is -0.384. The van der Waals surface area contributed by atoms with Crippen LogP contribution < -0.4 is 19.4 Å². The van der Waals surface area contributed by atoms with Gasteiger partial charge in [0.2, 0.25) is 5.91 Å². The van der Waals surface area contributed by atoms with Gasteiger partial charge in [-0.1, -0.05) is 37.6 Å². The van der Waals surface area contributed by atoms with Gasteiger partial charge in [0.05, 0.1) is 36.1 Å². The maximum atomic E-state index is 13.8. The van der Waals surface area contributed by atoms with Gasteiger partial charge in [-0.3, -0.25) is 24.5 Å². The average molecular weight is 518 g/mol. The smallest absolute Gasteiger partial charge is 0.269 e. The second-order valence-electron chi connectivity index (χ2n) is 9.06. The molecule has 0 bridgehead atoms. The molecule has 2 fully saturated rings. The zero-order valence-corrected chi connectivity index (χ0v) is 21.0. The van der Waals surface area contributed by atoms with E-state index >= 15 is 0 Å². The number of hydrogen-bond donors (Lipinski definition) is 0. The van der Waals surface area contributed by atoms with Crippen LogP contribution in [-0.2, 0) is 14.4 Å². The summed E-state index contributed by atoms with van der Waals surface area (Å²) in [5.74, 6) is -0.718. The summed E-state index contributed by atoms with van der Waals surface area (Å²) in [5, 5.41) is 12.7. The third-order valence-corrected chi connectivity index (χ3v) is 6.73. The van der Waals surface area contributed by atoms with Gasteiger partial charge in [-0.2, -0.15) is 0 Å². The van der Waals surface area contributed by atoms with Gasteiger partial charge in [-0.05, 0) is 48.4 Å². The van der Waals surface area contributed by atoms with E-state index in [0.29, 0.717) is 29.4 Å². The van der Waals surface area contributed by atoms with E-state index in [-0.39, 0.29) is 11.4 Å². The monoisotopic (exact) mass is 517 g/mol. The van der Waals surface area contributed by atoms with Crippen molar-refractivity contribution in [2.24, 2.45) is 5.92 Å². The molecule has 0 aliphatic carbocycles. The maximum Gasteiger partial charge on any atom is 0.269 e. The number of non-ortho nitro benzene ring substituents is 1. The molecule has 0 radical (unpaired) electrons. The predicted octanol–water partition coefficient (Wildman–Crippen LogP) is 4.83. The van der Waals surface area contributed by atoms with Crippen LogP contribution in [0, 0.1) is 16.0 Å². The summed E-state index contributed by atoms with van der Waals surface area (Å²) in [4.78, 5) is 45.0. The molecular weight excluding hydrogens is 490 g/mol. The number of fused-ring (bicyclic) bond motifs is 1. The standard InChI is InChI=1S/C28H27N3O7/c1-3-4-16-37-22-15-10-18(17-23(22)36-2)25-24-26(38-30(25)20-8-6-5-7-9-20)28(33)29(27(24)32)19-11-13-21(14-12-19)31(34)35/h5-15,17,24-26H,3-4,16H2,1-2H3/t24-,25+,26+/m0/s1. The molecule has 0 N–H and O–H groups in total. The summed E-state index contributed by atoms with van der Waals surface area (Å²) in [6.45, 7) is 2.63. The number of anilines is 2. The number of hydrogen-bond acceptors (Lipinski definition) is 8. The zero-order chi connectivity index (χ0) is 26.8. The van der Waals surface area contributed by atoms with Crippen molar-refractivity contribution in [2.45, 2.75) is 31.9 Å². The molecule has 196 valence electrons. The lowest BCUT2D eigenvalue weighted by Gasteiger charge is -2.29. The molecule has 0 aromatic heterocycles. The summed E-state index contributed by atoms with van der Waals surface area (Å²) >= 11 is 0. The molecule has 0 spiro atoms. The Bertz CT molecular complexity index is 1350. The SMILES string of the molecule is CCCCOc1ccc([C@@H]2[C@@H]3C(=O)N(c4ccc([N+](=O)[O-])cc4)C(=O)[C@@H]3ON2c2ccccc2)cc1OC. The summed E-state index contributed by atoms with van der Waals surface area (Å²) < 4.78 is 11.5. The van der Waals surface area contributed by atoms with Crippen molar-refractivity contribution >= 4 is 28.9 Å². The third kappa shape index (κ3) is 4.43. The Labute approximate surface area is 219 Å². The summed E-state index contributed by atoms with van der Waals surface area (Å²) in [6, 6.07) is 19.4. The third-order valence-electron chi connectivity index (χ3n) is 6.73. The molecule has 10 heteroatoms. The van der Waals surface area contributed by atoms with Crippen LogP contribution in [0.15, 0.2) is 72.8 Å². The van der Waals surface area contributed by atoms with E-state index in [1.165, 1.54) is 24.3 Å². The number of nitro groups is 1. The van der Waals surface area contributed by atoms with Crippen LogP contribution in [0.5, 0.6) is 11.5 Å². The van der Waals surface area contributed by atoms with Crippen molar-refractivity contribution in [1.82, 2.24) is 0 Å². The number of methoxy groups -OCH3 is 1. The number of rotatable bonds is 9. The van der Waals surface area contributed by atoms with Crippen LogP contribution in [0.3, 0.4) is 0 Å². The number of nitro benzene ring substituents is 1. The molecule has 5 rings (SSSR count). The number of hydroxylamine groups is 1. The van der Waals surface area contributed by atoms with Crippen molar-refractivity contribution in [3.8, 4) is 11.5 Å². The Morgan fingerprint density at radius 3 is 2.34 bits per heavy atom. The summed E-state index contributed by atoms with van der Waals surface area (Å²) in [7, 11) is 1.55. The van der Waals surface area contributed by atoms with Gasteiger partial charge >= 0.3 is 0 Å². The molecular formula is C28H27N3O7. The molecule has 0 unspecified atom stereocenters. The fraction of sp³-hybridized carbons (Fsp3) is 0.286. The Balaban J connectivity index is 1.53. The molecule has 2 heterocycles. The van der Waals surface area contributed by atoms with Crippen molar-refractivity contribution < 1.29 is 28.8 Å². The minimum absolute atomic E-state index is 0.134. The molecule has 3 atom stereocenters. The first-order valence-corrected chi connectivity index (χ1v) is 12.4. The van der Waals surface area contributed by atoms with Crippen LogP contribution in [0.2, 0.25) is 0 Å². The quantitative estimate of drug-likeness (QED) is 0.172. The normalized spacial score (nSPS) is 20.5. The Morgan fingerprint density at radius 2 is 1.68 bits per heavy atom. The molecule has 3 aromatic rings. The predicted molar refractivity (Wildman–Crippen MR) is 139 cm³/mol. The van der Waals surface area contributed by atoms with E-state index in [0.717, 1.165) is 17.7 Å². The molecule has 2 aliphatic heterocycles. The maximum absolute atomic E-state index is 13.8. The Kier molecular flexibility index (Phi) is 6.97. The van der Waals surface area contributed by atoms with Gasteiger partial charge in [-0.25, -0.2) is 9.96 Å². The fourth-order valence-electron chi connectivity index (χ4n) is 4.84. The van der Waals surface area contributed by atoms with Crippen LogP contribution in [-0.4, -0.2) is 36.6 Å². The van der Waals surface area contributed by atoms with Gasteiger partial charge in [0.25, 0.3) is 11.6 Å². The van der Waals surface area contributed by atoms with E-state index in [9.17, 15) is 19.7 Å². The fourth-order valence-corrected chi connectivity index (χ4v) is 4.84. The molecule has 2 saturated heterocycles. The van der Waals surface area contributed by atoms with Crippen molar-refractivity contribution in [3.63, 3.8) is 0 Å². The first kappa shape index (κ1) is 25.2. The molecule has 38 heavy (non-hydrogen) atoms. The van der Waals surface area contributed by atoms with Crippen LogP contribution >= 0.6 is 0 Å². The highest BCUT2D eigenvalue weighted by molar-refractivity contribution is 6.24. The topological polar surface area (TPSA) is 111 Å². The van der Waals surface area contributed by atoms with E-state index in [4.69, 9.17) is 14.3 Å². The Morgan fingerprint density at radius 1 is 0.947 bits per heavy atom. The number of unbranched alkanes of at least 4 members (excludes halogenated alkanes) is 1. The average Bonchev–Trinajstić information content (AvgIpc) is 3.45. The number of ether oxygens (including phenoxy) is 2. The highest BCUT2D eigenvalue weighted by atomic mass is 16.7. The van der Waals surface area contributed by atoms with E-state index < -0.39 is 34.8 Å². The highest BCUT2D eigenvalue weighted by Crippen LogP contribution is 2.48. The van der Waals surface area contributed by atoms with Gasteiger partial charge in [0.15, 0.2) is 17.6 Å². The van der Waals surface area contributed by atoms with Gasteiger partial charge in [-0.15, -0.1) is 0 Å². The van der Waals surface area contributed by atoms with E-state index in [2.05, 4.69) is 6.92 Å². The molecule has 2 aliphatic rings. The van der Waals surface area contributed by atoms with Gasteiger partial charge in [0, 0.05) is 12.1 Å². The number of nitrogens with zero attached hydrogens (tertiary/aromatic N) is 3. The van der Waals surface area contributed by atoms with Crippen LogP contribution in [0.1, 0.15) is 31.4 Å². The van der Waals surface area contributed by atoms with Gasteiger partial charge in [0.1, 0.15) is 5.92 Å². The van der Waals surface area contributed by atoms with Crippen molar-refractivity contribution in [3.05, 3.63) is 88.5 Å². The summed E-state index contributed by atoms with van der Waals surface area (Å²) in [6.07, 6.45) is 0.840. The van der Waals surface area contributed by atoms with E-state index in [1.54, 1.807) is 24.3 Å². The minimum atomic E-state index is -1.06. The molecule has 10 nitrogen and oxygen atoms in total. The second kappa shape index (κ2) is 10.5. The zero-order valence-electron chi connectivity index (χ0n) is 21.0. The number of imide groups is 1. The molecule has 2 amide bonds. The van der Waals surface area contributed by atoms with Crippen LogP contribution in [0.25, 0.3) is 0 Å². The summed E-state index contributed by atoms with van der Waals surface area (Å²) in [5.41, 5.74) is 1.53. The first-order valence-electron chi connectivity index (χ1n) is 12.4. The molecule has 0 saturated carbocycles. The minimum Gasteiger partial charge on any atom is -0.493 e. The molecule has 3 aromatic carbocycles. The van der Waals surface area contributed by atoms with Crippen molar-refractivity contribution in [1.29, 1.82) is 0 Å². The Hall–Kier alpha value is -4.44. The highest BCUT2D eigenvalue weighted by Gasteiger charge is 2.60. The number of amides is 2. The largest absolute Gasteiger partial charge is 0.493 e. The lowest BCUT2D eigenvalue weighted by Crippen LogP contribution is -2.37. The number of carbonyl (C=O) groups is 2. The number of para-hydroxylation sites is 1. The number of carbonyl (C=O) groups excluding carboxylic acids is 2. The van der Waals surface area contributed by atoms with E-state index in [1.807, 2.05) is 36.4 Å². The number of benzene rings is 3. The lowest BCUT2D eigenvalue weighted by atomic mass is 9.90. The van der Waals surface area contributed by atoms with Crippen LogP contribution in [0.4, 0.5) is 17.1 Å². The first-order chi connectivity index (χ1) is 18.4. The van der Waals surface area contributed by atoms with Crippen molar-refractivity contribution in [2.75, 3.05) is 23.7 Å². The van der Waals surface area contributed by atoms with Gasteiger partial charge < -0.3 is 9.47 Å². The second-order valence-corrected chi connectivity index (χ2v) is 9.06.